The van der Waals surface area contributed by atoms with Gasteiger partial charge in [-0.3, -0.25) is 4.98 Å². The molecule has 0 saturated carbocycles. The van der Waals surface area contributed by atoms with Crippen LogP contribution in [0, 0.1) is 18.6 Å². The molecule has 1 atom stereocenters. The molecule has 8 heteroatoms. The Balaban J connectivity index is 1.97. The van der Waals surface area contributed by atoms with Gasteiger partial charge < -0.3 is 19.1 Å². The zero-order chi connectivity index (χ0) is 22.3. The molecule has 164 valence electrons. The van der Waals surface area contributed by atoms with Crippen molar-refractivity contribution >= 4 is 16.6 Å². The molecular formula is C23H25F2N3O3. The molecule has 3 aromatic rings. The lowest BCUT2D eigenvalue weighted by atomic mass is 10.0. The lowest BCUT2D eigenvalue weighted by Gasteiger charge is -2.25. The molecule has 31 heavy (non-hydrogen) atoms. The second-order valence-corrected chi connectivity index (χ2v) is 7.99. The van der Waals surface area contributed by atoms with Crippen molar-refractivity contribution in [1.82, 2.24) is 9.97 Å². The molecule has 4 rings (SSSR count). The van der Waals surface area contributed by atoms with Crippen LogP contribution in [0.3, 0.4) is 0 Å². The monoisotopic (exact) mass is 429 g/mol. The van der Waals surface area contributed by atoms with E-state index in [9.17, 15) is 0 Å². The summed E-state index contributed by atoms with van der Waals surface area (Å²) in [6.45, 7) is 5.26. The number of benzene rings is 1. The van der Waals surface area contributed by atoms with Gasteiger partial charge in [-0.05, 0) is 32.4 Å². The highest BCUT2D eigenvalue weighted by Crippen LogP contribution is 2.40. The van der Waals surface area contributed by atoms with Gasteiger partial charge in [0.15, 0.2) is 23.1 Å². The van der Waals surface area contributed by atoms with E-state index in [2.05, 4.69) is 9.88 Å². The summed E-state index contributed by atoms with van der Waals surface area (Å²) in [6.07, 6.45) is 2.51. The molecule has 0 amide bonds. The van der Waals surface area contributed by atoms with Gasteiger partial charge in [0.2, 0.25) is 0 Å². The molecule has 1 aliphatic rings. The minimum atomic E-state index is -0.832. The summed E-state index contributed by atoms with van der Waals surface area (Å²) in [5.41, 5.74) is 0.360. The van der Waals surface area contributed by atoms with Gasteiger partial charge in [-0.1, -0.05) is 0 Å². The van der Waals surface area contributed by atoms with Gasteiger partial charge in [0.05, 0.1) is 31.1 Å². The minimum absolute atomic E-state index is 0.119. The second-order valence-electron chi connectivity index (χ2n) is 7.99. The molecule has 6 nitrogen and oxygen atoms in total. The first kappa shape index (κ1) is 21.2. The van der Waals surface area contributed by atoms with Gasteiger partial charge in [0.1, 0.15) is 5.82 Å². The van der Waals surface area contributed by atoms with Crippen molar-refractivity contribution < 1.29 is 23.0 Å². The van der Waals surface area contributed by atoms with Crippen LogP contribution in [0.2, 0.25) is 0 Å². The highest BCUT2D eigenvalue weighted by Gasteiger charge is 2.35. The van der Waals surface area contributed by atoms with Gasteiger partial charge in [0, 0.05) is 48.9 Å². The summed E-state index contributed by atoms with van der Waals surface area (Å²) in [4.78, 5) is 11.2. The Morgan fingerprint density at radius 2 is 1.71 bits per heavy atom. The normalized spacial score (nSPS) is 18.6. The van der Waals surface area contributed by atoms with Crippen LogP contribution in [-0.2, 0) is 4.74 Å². The molecule has 3 heterocycles. The predicted molar refractivity (Wildman–Crippen MR) is 115 cm³/mol. The Morgan fingerprint density at radius 1 is 1.03 bits per heavy atom. The third-order valence-electron chi connectivity index (χ3n) is 5.89. The van der Waals surface area contributed by atoms with Crippen molar-refractivity contribution in [3.63, 3.8) is 0 Å². The van der Waals surface area contributed by atoms with Crippen LogP contribution in [0.5, 0.6) is 11.5 Å². The van der Waals surface area contributed by atoms with E-state index in [1.165, 1.54) is 20.3 Å². The van der Waals surface area contributed by atoms with Crippen LogP contribution in [-0.4, -0.2) is 50.0 Å². The predicted octanol–water partition coefficient (Wildman–Crippen LogP) is 4.52. The van der Waals surface area contributed by atoms with Crippen molar-refractivity contribution in [2.24, 2.45) is 0 Å². The summed E-state index contributed by atoms with van der Waals surface area (Å²) in [5.74, 6) is -1.26. The molecule has 0 bridgehead atoms. The maximum atomic E-state index is 15.2. The first-order valence-electron chi connectivity index (χ1n) is 9.98. The first-order valence-corrected chi connectivity index (χ1v) is 9.98. The summed E-state index contributed by atoms with van der Waals surface area (Å²) in [5, 5.41) is 1.60. The van der Waals surface area contributed by atoms with E-state index in [0.717, 1.165) is 22.9 Å². The van der Waals surface area contributed by atoms with Crippen molar-refractivity contribution in [3.05, 3.63) is 41.7 Å². The molecule has 0 aliphatic carbocycles. The number of nitrogens with zero attached hydrogens (tertiary/aromatic N) is 3. The van der Waals surface area contributed by atoms with Crippen LogP contribution in [0.15, 0.2) is 24.4 Å². The van der Waals surface area contributed by atoms with E-state index in [-0.39, 0.29) is 28.4 Å². The second kappa shape index (κ2) is 7.92. The Morgan fingerprint density at radius 3 is 2.29 bits per heavy atom. The van der Waals surface area contributed by atoms with Crippen molar-refractivity contribution in [3.8, 4) is 22.8 Å². The van der Waals surface area contributed by atoms with Crippen LogP contribution < -0.4 is 14.4 Å². The first-order chi connectivity index (χ1) is 14.8. The Labute approximate surface area is 179 Å². The van der Waals surface area contributed by atoms with E-state index in [0.29, 0.717) is 18.9 Å². The molecule has 0 spiro atoms. The van der Waals surface area contributed by atoms with Crippen molar-refractivity contribution in [1.29, 1.82) is 0 Å². The number of aromatic nitrogens is 2. The number of ether oxygens (including phenoxy) is 3. The van der Waals surface area contributed by atoms with Gasteiger partial charge in [-0.2, -0.15) is 0 Å². The molecule has 0 radical (unpaired) electrons. The van der Waals surface area contributed by atoms with E-state index in [4.69, 9.17) is 19.2 Å². The lowest BCUT2D eigenvalue weighted by Crippen LogP contribution is -2.32. The number of pyridine rings is 2. The number of aryl methyl sites for hydroxylation is 1. The number of hydrogen-bond acceptors (Lipinski definition) is 6. The molecule has 2 aromatic heterocycles. The summed E-state index contributed by atoms with van der Waals surface area (Å²) in [7, 11) is 4.33. The van der Waals surface area contributed by atoms with E-state index in [1.54, 1.807) is 19.4 Å². The lowest BCUT2D eigenvalue weighted by molar-refractivity contribution is 0.0257. The number of methoxy groups -OCH3 is 3. The van der Waals surface area contributed by atoms with Crippen LogP contribution >= 0.6 is 0 Å². The van der Waals surface area contributed by atoms with E-state index < -0.39 is 11.6 Å². The minimum Gasteiger partial charge on any atom is -0.494 e. The Hall–Kier alpha value is -3.00. The zero-order valence-electron chi connectivity index (χ0n) is 18.3. The number of rotatable bonds is 5. The molecule has 1 unspecified atom stereocenters. The highest BCUT2D eigenvalue weighted by atomic mass is 19.1. The number of anilines is 1. The standard InChI is InChI=1S/C23H25F2N3O3/c1-13-8-15-14(11-26-13)9-16(27-22(15)28-7-6-23(2,12-28)31-5)19-20(24)17(29-3)10-18(30-4)21(19)25/h8-11H,6-7,12H2,1-5H3. The van der Waals surface area contributed by atoms with Gasteiger partial charge in [-0.15, -0.1) is 0 Å². The summed E-state index contributed by atoms with van der Waals surface area (Å²) < 4.78 is 46.2. The largest absolute Gasteiger partial charge is 0.494 e. The fourth-order valence-electron chi connectivity index (χ4n) is 3.99. The van der Waals surface area contributed by atoms with E-state index >= 15 is 8.78 Å². The quantitative estimate of drug-likeness (QED) is 0.595. The molecule has 0 N–H and O–H groups in total. The van der Waals surface area contributed by atoms with Crippen molar-refractivity contribution in [2.45, 2.75) is 25.9 Å². The number of fused-ring (bicyclic) bond motifs is 1. The Kier molecular flexibility index (Phi) is 5.43. The average molecular weight is 429 g/mol. The molecule has 1 aromatic carbocycles. The molecule has 1 aliphatic heterocycles. The maximum absolute atomic E-state index is 15.2. The number of hydrogen-bond donors (Lipinski definition) is 0. The van der Waals surface area contributed by atoms with Crippen LogP contribution in [0.1, 0.15) is 19.0 Å². The SMILES string of the molecule is COc1cc(OC)c(F)c(-c2cc3cnc(C)cc3c(N3CCC(C)(OC)C3)n2)c1F. The average Bonchev–Trinajstić information content (AvgIpc) is 3.16. The Bertz CT molecular complexity index is 1130. The summed E-state index contributed by atoms with van der Waals surface area (Å²) in [6, 6.07) is 4.76. The van der Waals surface area contributed by atoms with Gasteiger partial charge >= 0.3 is 0 Å². The zero-order valence-corrected chi connectivity index (χ0v) is 18.3. The van der Waals surface area contributed by atoms with Gasteiger partial charge in [-0.25, -0.2) is 13.8 Å². The maximum Gasteiger partial charge on any atom is 0.177 e. The molecule has 1 fully saturated rings. The third kappa shape index (κ3) is 3.65. The van der Waals surface area contributed by atoms with Gasteiger partial charge in [0.25, 0.3) is 0 Å². The molecule has 1 saturated heterocycles. The topological polar surface area (TPSA) is 56.7 Å². The van der Waals surface area contributed by atoms with E-state index in [1.807, 2.05) is 19.9 Å². The molecular weight excluding hydrogens is 404 g/mol. The number of halogens is 2. The fraction of sp³-hybridized carbons (Fsp3) is 0.391. The van der Waals surface area contributed by atoms with Crippen LogP contribution in [0.4, 0.5) is 14.6 Å². The smallest absolute Gasteiger partial charge is 0.177 e. The van der Waals surface area contributed by atoms with Crippen LogP contribution in [0.25, 0.3) is 22.0 Å². The fourth-order valence-corrected chi connectivity index (χ4v) is 3.99. The van der Waals surface area contributed by atoms with Crippen molar-refractivity contribution in [2.75, 3.05) is 39.3 Å². The third-order valence-corrected chi connectivity index (χ3v) is 5.89. The summed E-state index contributed by atoms with van der Waals surface area (Å²) >= 11 is 0. The highest BCUT2D eigenvalue weighted by molar-refractivity contribution is 5.95.